The Morgan fingerprint density at radius 2 is 2.32 bits per heavy atom. The van der Waals surface area contributed by atoms with Gasteiger partial charge in [0, 0.05) is 19.6 Å². The quantitative estimate of drug-likeness (QED) is 0.736. The lowest BCUT2D eigenvalue weighted by atomic mass is 10.1. The van der Waals surface area contributed by atoms with Crippen molar-refractivity contribution in [3.8, 4) is 10.6 Å². The zero-order valence-electron chi connectivity index (χ0n) is 14.3. The van der Waals surface area contributed by atoms with Crippen LogP contribution in [0.5, 0.6) is 0 Å². The standard InChI is InChI=1S/C18H21N5OS/c1-10-16-12(18(24)20-9-13(19)11-5-6-11)8-14(15-4-3-7-25-15)21-17(16)23(2)22-10/h3-4,7-8,11,13H,5-6,9,19H2,1-2H3,(H,20,24). The first-order valence-corrected chi connectivity index (χ1v) is 9.34. The Hall–Kier alpha value is -2.25. The van der Waals surface area contributed by atoms with Gasteiger partial charge in [0.15, 0.2) is 5.65 Å². The fraction of sp³-hybridized carbons (Fsp3) is 0.389. The van der Waals surface area contributed by atoms with E-state index in [0.29, 0.717) is 18.0 Å². The Morgan fingerprint density at radius 1 is 1.52 bits per heavy atom. The summed E-state index contributed by atoms with van der Waals surface area (Å²) >= 11 is 1.60. The Labute approximate surface area is 150 Å². The van der Waals surface area contributed by atoms with E-state index in [1.54, 1.807) is 16.0 Å². The molecule has 1 aliphatic rings. The van der Waals surface area contributed by atoms with Crippen molar-refractivity contribution < 1.29 is 4.79 Å². The van der Waals surface area contributed by atoms with Crippen LogP contribution in [-0.2, 0) is 7.05 Å². The van der Waals surface area contributed by atoms with Crippen molar-refractivity contribution in [2.45, 2.75) is 25.8 Å². The lowest BCUT2D eigenvalue weighted by Gasteiger charge is -2.13. The molecule has 4 rings (SSSR count). The fourth-order valence-corrected chi connectivity index (χ4v) is 3.86. The highest BCUT2D eigenvalue weighted by atomic mass is 32.1. The molecule has 7 heteroatoms. The van der Waals surface area contributed by atoms with Gasteiger partial charge in [-0.2, -0.15) is 5.10 Å². The van der Waals surface area contributed by atoms with Crippen LogP contribution in [0, 0.1) is 12.8 Å². The summed E-state index contributed by atoms with van der Waals surface area (Å²) in [7, 11) is 1.85. The Kier molecular flexibility index (Phi) is 4.05. The third kappa shape index (κ3) is 3.05. The van der Waals surface area contributed by atoms with Gasteiger partial charge >= 0.3 is 0 Å². The number of pyridine rings is 1. The number of thiophene rings is 1. The second kappa shape index (κ2) is 6.24. The molecule has 0 radical (unpaired) electrons. The van der Waals surface area contributed by atoms with E-state index in [1.165, 1.54) is 12.8 Å². The van der Waals surface area contributed by atoms with Crippen molar-refractivity contribution >= 4 is 28.3 Å². The molecule has 3 aromatic heterocycles. The highest BCUT2D eigenvalue weighted by molar-refractivity contribution is 7.13. The SMILES string of the molecule is Cc1nn(C)c2nc(-c3cccs3)cc(C(=O)NCC(N)C3CC3)c12. The number of carbonyl (C=O) groups excluding carboxylic acids is 1. The average Bonchev–Trinajstić information content (AvgIpc) is 3.23. The Morgan fingerprint density at radius 3 is 3.00 bits per heavy atom. The molecule has 1 amide bonds. The van der Waals surface area contributed by atoms with E-state index in [1.807, 2.05) is 37.6 Å². The van der Waals surface area contributed by atoms with E-state index >= 15 is 0 Å². The van der Waals surface area contributed by atoms with Crippen molar-refractivity contribution in [1.29, 1.82) is 0 Å². The second-order valence-electron chi connectivity index (χ2n) is 6.65. The number of nitrogens with two attached hydrogens (primary N) is 1. The summed E-state index contributed by atoms with van der Waals surface area (Å²) in [5.74, 6) is 0.442. The highest BCUT2D eigenvalue weighted by Crippen LogP contribution is 2.31. The maximum absolute atomic E-state index is 12.9. The van der Waals surface area contributed by atoms with Gasteiger partial charge in [-0.05, 0) is 43.2 Å². The molecule has 0 bridgehead atoms. The average molecular weight is 355 g/mol. The minimum absolute atomic E-state index is 0.0352. The number of carbonyl (C=O) groups is 1. The second-order valence-corrected chi connectivity index (χ2v) is 7.60. The summed E-state index contributed by atoms with van der Waals surface area (Å²) < 4.78 is 1.73. The number of hydrogen-bond donors (Lipinski definition) is 2. The topological polar surface area (TPSA) is 85.8 Å². The molecule has 6 nitrogen and oxygen atoms in total. The minimum Gasteiger partial charge on any atom is -0.350 e. The van der Waals surface area contributed by atoms with Crippen LogP contribution in [0.4, 0.5) is 0 Å². The molecular weight excluding hydrogens is 334 g/mol. The van der Waals surface area contributed by atoms with E-state index in [2.05, 4.69) is 10.4 Å². The van der Waals surface area contributed by atoms with Gasteiger partial charge in [-0.25, -0.2) is 4.98 Å². The van der Waals surface area contributed by atoms with E-state index in [-0.39, 0.29) is 11.9 Å². The largest absolute Gasteiger partial charge is 0.350 e. The van der Waals surface area contributed by atoms with Crippen molar-refractivity contribution in [1.82, 2.24) is 20.1 Å². The van der Waals surface area contributed by atoms with Gasteiger partial charge in [-0.3, -0.25) is 9.48 Å². The summed E-state index contributed by atoms with van der Waals surface area (Å²) in [4.78, 5) is 18.6. The van der Waals surface area contributed by atoms with Crippen molar-refractivity contribution in [3.05, 3.63) is 34.8 Å². The maximum atomic E-state index is 12.9. The molecule has 1 unspecified atom stereocenters. The third-order valence-corrected chi connectivity index (χ3v) is 5.61. The molecule has 3 aromatic rings. The minimum atomic E-state index is -0.114. The van der Waals surface area contributed by atoms with Gasteiger partial charge in [0.25, 0.3) is 5.91 Å². The summed E-state index contributed by atoms with van der Waals surface area (Å²) in [6.45, 7) is 2.41. The molecule has 130 valence electrons. The molecule has 0 aromatic carbocycles. The number of rotatable bonds is 5. The van der Waals surface area contributed by atoms with E-state index < -0.39 is 0 Å². The number of hydrogen-bond acceptors (Lipinski definition) is 5. The van der Waals surface area contributed by atoms with Gasteiger partial charge in [-0.15, -0.1) is 11.3 Å². The number of fused-ring (bicyclic) bond motifs is 1. The molecule has 0 spiro atoms. The summed E-state index contributed by atoms with van der Waals surface area (Å²) in [6.07, 6.45) is 2.33. The van der Waals surface area contributed by atoms with Crippen LogP contribution < -0.4 is 11.1 Å². The van der Waals surface area contributed by atoms with E-state index in [4.69, 9.17) is 10.7 Å². The van der Waals surface area contributed by atoms with Gasteiger partial charge < -0.3 is 11.1 Å². The van der Waals surface area contributed by atoms with Gasteiger partial charge in [0.2, 0.25) is 0 Å². The van der Waals surface area contributed by atoms with Crippen molar-refractivity contribution in [2.24, 2.45) is 18.7 Å². The molecule has 3 N–H and O–H groups in total. The van der Waals surface area contributed by atoms with Gasteiger partial charge in [0.1, 0.15) is 0 Å². The number of aromatic nitrogens is 3. The first kappa shape index (κ1) is 16.2. The van der Waals surface area contributed by atoms with Gasteiger partial charge in [-0.1, -0.05) is 6.07 Å². The predicted molar refractivity (Wildman–Crippen MR) is 99.6 cm³/mol. The number of nitrogens with one attached hydrogen (secondary N) is 1. The van der Waals surface area contributed by atoms with Crippen LogP contribution in [0.15, 0.2) is 23.6 Å². The third-order valence-electron chi connectivity index (χ3n) is 4.71. The van der Waals surface area contributed by atoms with Crippen molar-refractivity contribution in [2.75, 3.05) is 6.54 Å². The molecule has 1 saturated carbocycles. The molecule has 25 heavy (non-hydrogen) atoms. The van der Waals surface area contributed by atoms with Crippen LogP contribution in [0.1, 0.15) is 28.9 Å². The molecule has 1 fully saturated rings. The van der Waals surface area contributed by atoms with Crippen LogP contribution in [0.3, 0.4) is 0 Å². The van der Waals surface area contributed by atoms with Crippen LogP contribution in [0.2, 0.25) is 0 Å². The summed E-state index contributed by atoms with van der Waals surface area (Å²) in [5, 5.41) is 10.2. The van der Waals surface area contributed by atoms with E-state index in [0.717, 1.165) is 27.3 Å². The van der Waals surface area contributed by atoms with Crippen LogP contribution in [0.25, 0.3) is 21.6 Å². The molecule has 1 aliphatic carbocycles. The zero-order chi connectivity index (χ0) is 17.6. The van der Waals surface area contributed by atoms with Crippen LogP contribution in [-0.4, -0.2) is 33.3 Å². The molecule has 3 heterocycles. The number of nitrogens with zero attached hydrogens (tertiary/aromatic N) is 3. The molecule has 1 atom stereocenters. The lowest BCUT2D eigenvalue weighted by Crippen LogP contribution is -2.38. The first-order valence-electron chi connectivity index (χ1n) is 8.46. The molecular formula is C18H21N5OS. The Balaban J connectivity index is 1.73. The molecule has 0 saturated heterocycles. The maximum Gasteiger partial charge on any atom is 0.252 e. The summed E-state index contributed by atoms with van der Waals surface area (Å²) in [5.41, 5.74) is 9.05. The highest BCUT2D eigenvalue weighted by Gasteiger charge is 2.29. The monoisotopic (exact) mass is 355 g/mol. The lowest BCUT2D eigenvalue weighted by molar-refractivity contribution is 0.0952. The molecule has 0 aliphatic heterocycles. The van der Waals surface area contributed by atoms with Gasteiger partial charge in [0.05, 0.1) is 27.2 Å². The van der Waals surface area contributed by atoms with Crippen LogP contribution >= 0.6 is 11.3 Å². The summed E-state index contributed by atoms with van der Waals surface area (Å²) in [6, 6.07) is 5.88. The van der Waals surface area contributed by atoms with E-state index in [9.17, 15) is 4.79 Å². The van der Waals surface area contributed by atoms with Crippen molar-refractivity contribution in [3.63, 3.8) is 0 Å². The fourth-order valence-electron chi connectivity index (χ4n) is 3.17. The first-order chi connectivity index (χ1) is 12.0. The number of amides is 1. The normalized spacial score (nSPS) is 15.5. The number of aryl methyl sites for hydroxylation is 2. The smallest absolute Gasteiger partial charge is 0.252 e. The Bertz CT molecular complexity index is 927. The predicted octanol–water partition coefficient (Wildman–Crippen LogP) is 2.47. The zero-order valence-corrected chi connectivity index (χ0v) is 15.1.